The van der Waals surface area contributed by atoms with E-state index in [0.717, 1.165) is 69.0 Å². The molecule has 0 unspecified atom stereocenters. The Kier molecular flexibility index (Phi) is 8.71. The lowest BCUT2D eigenvalue weighted by Crippen LogP contribution is -2.40. The molecule has 0 amide bonds. The van der Waals surface area contributed by atoms with Crippen LogP contribution in [-0.4, -0.2) is 50.1 Å². The number of hydrogen-bond donors (Lipinski definition) is 2. The number of nitrogens with zero attached hydrogens (tertiary/aromatic N) is 6. The normalized spacial score (nSPS) is 15.5. The van der Waals surface area contributed by atoms with Crippen molar-refractivity contribution in [2.45, 2.75) is 78.8 Å². The third-order valence-electron chi connectivity index (χ3n) is 5.83. The predicted molar refractivity (Wildman–Crippen MR) is 121 cm³/mol. The van der Waals surface area contributed by atoms with Gasteiger partial charge in [0.25, 0.3) is 0 Å². The summed E-state index contributed by atoms with van der Waals surface area (Å²) >= 11 is 0. The molecule has 30 heavy (non-hydrogen) atoms. The van der Waals surface area contributed by atoms with E-state index in [-0.39, 0.29) is 0 Å². The summed E-state index contributed by atoms with van der Waals surface area (Å²) in [6, 6.07) is 2.13. The smallest absolute Gasteiger partial charge is 0.191 e. The van der Waals surface area contributed by atoms with Crippen molar-refractivity contribution in [1.82, 2.24) is 35.2 Å². The summed E-state index contributed by atoms with van der Waals surface area (Å²) in [4.78, 5) is 4.91. The first-order chi connectivity index (χ1) is 14.7. The highest BCUT2D eigenvalue weighted by atomic mass is 15.3. The zero-order valence-corrected chi connectivity index (χ0v) is 18.9. The van der Waals surface area contributed by atoms with Crippen LogP contribution >= 0.6 is 0 Å². The van der Waals surface area contributed by atoms with Gasteiger partial charge in [0.05, 0.1) is 5.69 Å². The van der Waals surface area contributed by atoms with E-state index in [1.54, 1.807) is 6.33 Å². The van der Waals surface area contributed by atoms with Gasteiger partial charge in [-0.2, -0.15) is 5.10 Å². The van der Waals surface area contributed by atoms with Gasteiger partial charge < -0.3 is 15.2 Å². The van der Waals surface area contributed by atoms with E-state index in [4.69, 9.17) is 4.99 Å². The van der Waals surface area contributed by atoms with Crippen molar-refractivity contribution in [2.24, 2.45) is 10.9 Å². The fourth-order valence-electron chi connectivity index (χ4n) is 4.14. The second-order valence-corrected chi connectivity index (χ2v) is 8.34. The first-order valence-electron chi connectivity index (χ1n) is 11.6. The molecule has 8 heteroatoms. The summed E-state index contributed by atoms with van der Waals surface area (Å²) in [5.74, 6) is 2.67. The first kappa shape index (κ1) is 22.3. The van der Waals surface area contributed by atoms with E-state index in [2.05, 4.69) is 55.1 Å². The quantitative estimate of drug-likeness (QED) is 0.355. The maximum absolute atomic E-state index is 4.91. The molecule has 0 bridgehead atoms. The Bertz CT molecular complexity index is 785. The number of aliphatic imine (C=N–C) groups is 1. The van der Waals surface area contributed by atoms with E-state index >= 15 is 0 Å². The Labute approximate surface area is 180 Å². The lowest BCUT2D eigenvalue weighted by atomic mass is 9.89. The van der Waals surface area contributed by atoms with E-state index in [1.807, 2.05) is 6.92 Å². The standard InChI is InChI=1S/C22H38N8/c1-4-21-27-26-17-29(21)14-12-24-22(25-16-20-9-6-5-7-10-20)23-11-8-13-30-19(3)15-18(2)28-30/h15,17,20H,4-14,16H2,1-3H3,(H2,23,24,25). The molecule has 1 aliphatic rings. The summed E-state index contributed by atoms with van der Waals surface area (Å²) in [7, 11) is 0. The van der Waals surface area contributed by atoms with Gasteiger partial charge in [0, 0.05) is 44.8 Å². The molecule has 0 saturated heterocycles. The molecular weight excluding hydrogens is 376 g/mol. The molecule has 2 N–H and O–H groups in total. The largest absolute Gasteiger partial charge is 0.356 e. The van der Waals surface area contributed by atoms with E-state index in [9.17, 15) is 0 Å². The molecular formula is C22H38N8. The van der Waals surface area contributed by atoms with Crippen LogP contribution in [0.25, 0.3) is 0 Å². The zero-order chi connectivity index (χ0) is 21.2. The molecule has 1 aliphatic carbocycles. The average Bonchev–Trinajstić information content (AvgIpc) is 3.34. The average molecular weight is 415 g/mol. The second-order valence-electron chi connectivity index (χ2n) is 8.34. The predicted octanol–water partition coefficient (Wildman–Crippen LogP) is 2.86. The van der Waals surface area contributed by atoms with Gasteiger partial charge in [0.15, 0.2) is 5.96 Å². The van der Waals surface area contributed by atoms with Crippen molar-refractivity contribution < 1.29 is 0 Å². The second kappa shape index (κ2) is 11.7. The number of guanidine groups is 1. The Morgan fingerprint density at radius 3 is 2.67 bits per heavy atom. The highest BCUT2D eigenvalue weighted by Gasteiger charge is 2.13. The topological polar surface area (TPSA) is 85.0 Å². The molecule has 0 atom stereocenters. The minimum atomic E-state index is 0.733. The summed E-state index contributed by atoms with van der Waals surface area (Å²) in [5.41, 5.74) is 2.30. The van der Waals surface area contributed by atoms with Gasteiger partial charge in [-0.3, -0.25) is 9.67 Å². The fraction of sp³-hybridized carbons (Fsp3) is 0.727. The van der Waals surface area contributed by atoms with Crippen molar-refractivity contribution >= 4 is 5.96 Å². The Morgan fingerprint density at radius 1 is 1.13 bits per heavy atom. The maximum atomic E-state index is 4.91. The van der Waals surface area contributed by atoms with E-state index in [1.165, 1.54) is 37.8 Å². The van der Waals surface area contributed by atoms with Gasteiger partial charge >= 0.3 is 0 Å². The van der Waals surface area contributed by atoms with Crippen LogP contribution in [0.5, 0.6) is 0 Å². The SMILES string of the molecule is CCc1nncn1CCNC(=NCC1CCCCC1)NCCCn1nc(C)cc1C. The minimum Gasteiger partial charge on any atom is -0.356 e. The third kappa shape index (κ3) is 6.85. The molecule has 0 spiro atoms. The van der Waals surface area contributed by atoms with Crippen molar-refractivity contribution in [1.29, 1.82) is 0 Å². The van der Waals surface area contributed by atoms with Crippen LogP contribution in [0.1, 0.15) is 62.7 Å². The van der Waals surface area contributed by atoms with Gasteiger partial charge in [-0.25, -0.2) is 0 Å². The molecule has 2 aromatic rings. The fourth-order valence-corrected chi connectivity index (χ4v) is 4.14. The number of aryl methyl sites for hydroxylation is 4. The molecule has 0 radical (unpaired) electrons. The number of rotatable bonds is 10. The van der Waals surface area contributed by atoms with Crippen molar-refractivity contribution in [3.05, 3.63) is 29.6 Å². The molecule has 166 valence electrons. The molecule has 2 aromatic heterocycles. The first-order valence-corrected chi connectivity index (χ1v) is 11.6. The molecule has 1 fully saturated rings. The van der Waals surface area contributed by atoms with E-state index in [0.29, 0.717) is 0 Å². The summed E-state index contributed by atoms with van der Waals surface area (Å²) in [6.45, 7) is 10.6. The van der Waals surface area contributed by atoms with Gasteiger partial charge in [-0.05, 0) is 45.1 Å². The lowest BCUT2D eigenvalue weighted by molar-refractivity contribution is 0.366. The van der Waals surface area contributed by atoms with Crippen LogP contribution in [0.2, 0.25) is 0 Å². The Morgan fingerprint density at radius 2 is 1.93 bits per heavy atom. The molecule has 0 aromatic carbocycles. The maximum Gasteiger partial charge on any atom is 0.191 e. The number of aromatic nitrogens is 5. The number of hydrogen-bond acceptors (Lipinski definition) is 4. The molecule has 1 saturated carbocycles. The van der Waals surface area contributed by atoms with Crippen molar-refractivity contribution in [3.8, 4) is 0 Å². The molecule has 8 nitrogen and oxygen atoms in total. The van der Waals surface area contributed by atoms with Crippen molar-refractivity contribution in [2.75, 3.05) is 19.6 Å². The van der Waals surface area contributed by atoms with Gasteiger partial charge in [-0.15, -0.1) is 10.2 Å². The third-order valence-corrected chi connectivity index (χ3v) is 5.83. The molecule has 0 aliphatic heterocycles. The van der Waals surface area contributed by atoms with Gasteiger partial charge in [0.2, 0.25) is 0 Å². The monoisotopic (exact) mass is 414 g/mol. The van der Waals surface area contributed by atoms with Crippen LogP contribution in [0.15, 0.2) is 17.4 Å². The van der Waals surface area contributed by atoms with Gasteiger partial charge in [-0.1, -0.05) is 26.2 Å². The highest BCUT2D eigenvalue weighted by molar-refractivity contribution is 5.79. The molecule has 2 heterocycles. The Hall–Kier alpha value is -2.38. The number of nitrogens with one attached hydrogen (secondary N) is 2. The Balaban J connectivity index is 1.48. The summed E-state index contributed by atoms with van der Waals surface area (Å²) < 4.78 is 4.19. The van der Waals surface area contributed by atoms with Gasteiger partial charge in [0.1, 0.15) is 12.2 Å². The van der Waals surface area contributed by atoms with Crippen LogP contribution in [0, 0.1) is 19.8 Å². The van der Waals surface area contributed by atoms with E-state index < -0.39 is 0 Å². The summed E-state index contributed by atoms with van der Waals surface area (Å²) in [6.07, 6.45) is 10.4. The summed E-state index contributed by atoms with van der Waals surface area (Å²) in [5, 5.41) is 19.7. The zero-order valence-electron chi connectivity index (χ0n) is 18.9. The van der Waals surface area contributed by atoms with Crippen LogP contribution < -0.4 is 10.6 Å². The minimum absolute atomic E-state index is 0.733. The highest BCUT2D eigenvalue weighted by Crippen LogP contribution is 2.23. The van der Waals surface area contributed by atoms with Crippen LogP contribution in [0.3, 0.4) is 0 Å². The lowest BCUT2D eigenvalue weighted by Gasteiger charge is -2.20. The van der Waals surface area contributed by atoms with Crippen LogP contribution in [-0.2, 0) is 19.5 Å². The van der Waals surface area contributed by atoms with Crippen molar-refractivity contribution in [3.63, 3.8) is 0 Å². The molecule has 3 rings (SSSR count). The van der Waals surface area contributed by atoms with Crippen LogP contribution in [0.4, 0.5) is 0 Å².